The summed E-state index contributed by atoms with van der Waals surface area (Å²) in [6, 6.07) is 3.56. The molecule has 2 aromatic heterocycles. The van der Waals surface area contributed by atoms with Crippen molar-refractivity contribution in [2.24, 2.45) is 0 Å². The molecule has 0 fully saturated rings. The second-order valence-electron chi connectivity index (χ2n) is 8.16. The molecular weight excluding hydrogens is 488 g/mol. The normalized spacial score (nSPS) is 13.1. The molecule has 0 aromatic carbocycles. The average molecular weight is 525 g/mol. The molecule has 0 aliphatic carbocycles. The Kier molecular flexibility index (Phi) is 13.9. The number of esters is 2. The summed E-state index contributed by atoms with van der Waals surface area (Å²) in [6.07, 6.45) is 17.9. The van der Waals surface area contributed by atoms with Crippen molar-refractivity contribution < 1.29 is 28.5 Å². The summed E-state index contributed by atoms with van der Waals surface area (Å²) in [6.45, 7) is 0.290. The van der Waals surface area contributed by atoms with Crippen LogP contribution in [0.2, 0.25) is 0 Å². The van der Waals surface area contributed by atoms with E-state index in [-0.39, 0.29) is 25.3 Å². The smallest absolute Gasteiger partial charge is 0.331 e. The van der Waals surface area contributed by atoms with Crippen molar-refractivity contribution in [3.8, 4) is 11.5 Å². The number of nitrogens with zero attached hydrogens (tertiary/aromatic N) is 2. The standard InChI is InChI=1S/C28H36N4O6/c1-29-23(9-5-7-21-13-25(35-3)17-31-15-21)19-37-27(33)11-12-28(34)38-20-24(30-2)10-6-8-22-14-26(36-4)18-32-16-22/h5-8,11-18,23-24,29-30H,9-10,19-20H2,1-4H3/b7-5+,8-6+,12-11+/t23-,24-/m1/s1. The molecular formula is C28H36N4O6. The van der Waals surface area contributed by atoms with Crippen molar-refractivity contribution in [3.63, 3.8) is 0 Å². The highest BCUT2D eigenvalue weighted by Gasteiger charge is 2.10. The number of methoxy groups -OCH3 is 2. The molecule has 0 amide bonds. The van der Waals surface area contributed by atoms with Gasteiger partial charge in [0.25, 0.3) is 0 Å². The highest BCUT2D eigenvalue weighted by atomic mass is 16.5. The van der Waals surface area contributed by atoms with Crippen LogP contribution in [0.5, 0.6) is 11.5 Å². The largest absolute Gasteiger partial charge is 0.495 e. The number of likely N-dealkylation sites (N-methyl/N-ethyl adjacent to an activating group) is 2. The second kappa shape index (κ2) is 17.4. The topological polar surface area (TPSA) is 121 Å². The highest BCUT2D eigenvalue weighted by Crippen LogP contribution is 2.13. The van der Waals surface area contributed by atoms with E-state index in [4.69, 9.17) is 18.9 Å². The van der Waals surface area contributed by atoms with Crippen LogP contribution in [0.25, 0.3) is 12.2 Å². The molecule has 10 nitrogen and oxygen atoms in total. The van der Waals surface area contributed by atoms with E-state index in [2.05, 4.69) is 20.6 Å². The lowest BCUT2D eigenvalue weighted by Gasteiger charge is -2.14. The number of hydrogen-bond donors (Lipinski definition) is 2. The number of aromatic nitrogens is 2. The lowest BCUT2D eigenvalue weighted by atomic mass is 10.2. The van der Waals surface area contributed by atoms with Gasteiger partial charge < -0.3 is 29.6 Å². The van der Waals surface area contributed by atoms with E-state index in [1.54, 1.807) is 53.1 Å². The van der Waals surface area contributed by atoms with Gasteiger partial charge in [0.1, 0.15) is 24.7 Å². The molecule has 0 unspecified atom stereocenters. The molecule has 10 heteroatoms. The predicted molar refractivity (Wildman–Crippen MR) is 146 cm³/mol. The van der Waals surface area contributed by atoms with Crippen LogP contribution in [0.3, 0.4) is 0 Å². The Morgan fingerprint density at radius 1 is 0.763 bits per heavy atom. The van der Waals surface area contributed by atoms with Gasteiger partial charge >= 0.3 is 11.9 Å². The van der Waals surface area contributed by atoms with E-state index < -0.39 is 11.9 Å². The van der Waals surface area contributed by atoms with Crippen molar-refractivity contribution in [1.82, 2.24) is 20.6 Å². The molecule has 2 atom stereocenters. The van der Waals surface area contributed by atoms with Gasteiger partial charge in [-0.1, -0.05) is 24.3 Å². The fourth-order valence-corrected chi connectivity index (χ4v) is 3.15. The predicted octanol–water partition coefficient (Wildman–Crippen LogP) is 2.82. The Hall–Kier alpha value is -4.02. The molecule has 38 heavy (non-hydrogen) atoms. The van der Waals surface area contributed by atoms with Crippen LogP contribution in [0.4, 0.5) is 0 Å². The molecule has 0 bridgehead atoms. The number of carbonyl (C=O) groups excluding carboxylic acids is 2. The van der Waals surface area contributed by atoms with Crippen LogP contribution in [0.1, 0.15) is 24.0 Å². The minimum atomic E-state index is -0.622. The van der Waals surface area contributed by atoms with Crippen LogP contribution < -0.4 is 20.1 Å². The van der Waals surface area contributed by atoms with Gasteiger partial charge in [0.05, 0.1) is 26.6 Å². The fraction of sp³-hybridized carbons (Fsp3) is 0.357. The van der Waals surface area contributed by atoms with Crippen LogP contribution in [0, 0.1) is 0 Å². The molecule has 2 N–H and O–H groups in total. The van der Waals surface area contributed by atoms with Crippen molar-refractivity contribution in [2.45, 2.75) is 24.9 Å². The van der Waals surface area contributed by atoms with Crippen LogP contribution in [0.15, 0.2) is 61.2 Å². The van der Waals surface area contributed by atoms with Crippen molar-refractivity contribution >= 4 is 24.1 Å². The van der Waals surface area contributed by atoms with Crippen LogP contribution >= 0.6 is 0 Å². The van der Waals surface area contributed by atoms with Gasteiger partial charge in [-0.3, -0.25) is 9.97 Å². The van der Waals surface area contributed by atoms with Crippen molar-refractivity contribution in [1.29, 1.82) is 0 Å². The maximum atomic E-state index is 12.0. The minimum absolute atomic E-state index is 0.0914. The number of nitrogens with one attached hydrogen (secondary N) is 2. The third kappa shape index (κ3) is 11.8. The molecule has 2 rings (SSSR count). The van der Waals surface area contributed by atoms with Gasteiger partial charge in [0, 0.05) is 36.6 Å². The average Bonchev–Trinajstić information content (AvgIpc) is 2.95. The Morgan fingerprint density at radius 3 is 1.55 bits per heavy atom. The van der Waals surface area contributed by atoms with Gasteiger partial charge in [-0.05, 0) is 50.2 Å². The number of hydrogen-bond acceptors (Lipinski definition) is 10. The third-order valence-corrected chi connectivity index (χ3v) is 5.43. The first-order valence-electron chi connectivity index (χ1n) is 12.1. The first-order valence-corrected chi connectivity index (χ1v) is 12.1. The Morgan fingerprint density at radius 2 is 1.18 bits per heavy atom. The summed E-state index contributed by atoms with van der Waals surface area (Å²) in [5.41, 5.74) is 1.81. The number of ether oxygens (including phenoxy) is 4. The quantitative estimate of drug-likeness (QED) is 0.250. The molecule has 2 heterocycles. The van der Waals surface area contributed by atoms with Gasteiger partial charge in [-0.2, -0.15) is 0 Å². The first-order chi connectivity index (χ1) is 18.5. The van der Waals surface area contributed by atoms with Gasteiger partial charge in [-0.15, -0.1) is 0 Å². The van der Waals surface area contributed by atoms with E-state index in [0.29, 0.717) is 24.3 Å². The maximum absolute atomic E-state index is 12.0. The molecule has 2 aromatic rings. The Bertz CT molecular complexity index is 1020. The zero-order valence-electron chi connectivity index (χ0n) is 22.3. The number of carbonyl (C=O) groups is 2. The first kappa shape index (κ1) is 30.2. The van der Waals surface area contributed by atoms with E-state index >= 15 is 0 Å². The number of rotatable bonds is 16. The molecule has 0 aliphatic rings. The molecule has 0 saturated heterocycles. The van der Waals surface area contributed by atoms with Crippen molar-refractivity contribution in [2.75, 3.05) is 41.5 Å². The summed E-state index contributed by atoms with van der Waals surface area (Å²) in [5, 5.41) is 6.19. The zero-order chi connectivity index (χ0) is 27.6. The Labute approximate surface area is 223 Å². The molecule has 0 spiro atoms. The summed E-state index contributed by atoms with van der Waals surface area (Å²) in [5.74, 6) is 0.112. The second-order valence-corrected chi connectivity index (χ2v) is 8.16. The molecule has 0 radical (unpaired) electrons. The molecule has 204 valence electrons. The van der Waals surface area contributed by atoms with E-state index in [9.17, 15) is 9.59 Å². The lowest BCUT2D eigenvalue weighted by molar-refractivity contribution is -0.141. The monoisotopic (exact) mass is 524 g/mol. The van der Waals surface area contributed by atoms with E-state index in [0.717, 1.165) is 23.3 Å². The minimum Gasteiger partial charge on any atom is -0.495 e. The SMILES string of the molecule is CN[C@H](C/C=C/c1cncc(OC)c1)COC(=O)/C=C/C(=O)OC[C@@H](C/C=C/c1cncc(OC)c1)NC. The lowest BCUT2D eigenvalue weighted by Crippen LogP contribution is -2.31. The zero-order valence-corrected chi connectivity index (χ0v) is 22.3. The molecule has 0 aliphatic heterocycles. The van der Waals surface area contributed by atoms with Gasteiger partial charge in [0.15, 0.2) is 0 Å². The van der Waals surface area contributed by atoms with Gasteiger partial charge in [-0.25, -0.2) is 9.59 Å². The summed E-state index contributed by atoms with van der Waals surface area (Å²) >= 11 is 0. The summed E-state index contributed by atoms with van der Waals surface area (Å²) < 4.78 is 20.8. The molecule has 0 saturated carbocycles. The van der Waals surface area contributed by atoms with Crippen LogP contribution in [-0.4, -0.2) is 75.5 Å². The van der Waals surface area contributed by atoms with E-state index in [1.807, 2.05) is 36.4 Å². The number of pyridine rings is 2. The third-order valence-electron chi connectivity index (χ3n) is 5.43. The maximum Gasteiger partial charge on any atom is 0.331 e. The Balaban J connectivity index is 1.70. The fourth-order valence-electron chi connectivity index (χ4n) is 3.15. The van der Waals surface area contributed by atoms with Crippen molar-refractivity contribution in [3.05, 3.63) is 72.4 Å². The van der Waals surface area contributed by atoms with Gasteiger partial charge in [0.2, 0.25) is 0 Å². The highest BCUT2D eigenvalue weighted by molar-refractivity contribution is 5.91. The van der Waals surface area contributed by atoms with E-state index in [1.165, 1.54) is 0 Å². The summed E-state index contributed by atoms with van der Waals surface area (Å²) in [7, 11) is 6.75. The summed E-state index contributed by atoms with van der Waals surface area (Å²) in [4.78, 5) is 32.3. The van der Waals surface area contributed by atoms with Crippen LogP contribution in [-0.2, 0) is 19.1 Å².